The fraction of sp³-hybridized carbons (Fsp3) is 0.407. The number of anilines is 1. The molecule has 5 rings (SSSR count). The van der Waals surface area contributed by atoms with Gasteiger partial charge in [0, 0.05) is 37.3 Å². The molecule has 2 N–H and O–H groups in total. The van der Waals surface area contributed by atoms with E-state index in [0.29, 0.717) is 23.6 Å². The number of hydrogen-bond donors (Lipinski definition) is 2. The maximum atomic E-state index is 13.6. The molecule has 2 aliphatic carbocycles. The molecular formula is C27H29FN4O5. The van der Waals surface area contributed by atoms with E-state index in [9.17, 15) is 23.6 Å². The normalized spacial score (nSPS) is 21.0. The molecule has 1 spiro atoms. The SMILES string of the molecule is CNC(=O)Nc1ccc2c(c1)CC[C@]21OC(=O)N(CC(=O)N(Cc2ccc(F)cc2)[C@@H](C)C2CC2)C1=O. The van der Waals surface area contributed by atoms with Gasteiger partial charge in [-0.15, -0.1) is 0 Å². The first-order chi connectivity index (χ1) is 17.7. The van der Waals surface area contributed by atoms with Gasteiger partial charge in [0.2, 0.25) is 11.5 Å². The number of nitrogens with one attached hydrogen (secondary N) is 2. The van der Waals surface area contributed by atoms with Crippen LogP contribution in [0.25, 0.3) is 0 Å². The third-order valence-electron chi connectivity index (χ3n) is 7.52. The minimum atomic E-state index is -1.47. The number of rotatable bonds is 7. The molecule has 0 aromatic heterocycles. The topological polar surface area (TPSA) is 108 Å². The Morgan fingerprint density at radius 3 is 2.59 bits per heavy atom. The third kappa shape index (κ3) is 4.63. The van der Waals surface area contributed by atoms with Crippen molar-refractivity contribution in [2.75, 3.05) is 18.9 Å². The zero-order valence-corrected chi connectivity index (χ0v) is 20.8. The number of amides is 5. The number of carbonyl (C=O) groups is 4. The van der Waals surface area contributed by atoms with Crippen LogP contribution in [-0.2, 0) is 32.9 Å². The summed E-state index contributed by atoms with van der Waals surface area (Å²) in [6, 6.07) is 10.6. The largest absolute Gasteiger partial charge is 0.427 e. The smallest absolute Gasteiger partial charge is 0.418 e. The van der Waals surface area contributed by atoms with Gasteiger partial charge in [0.25, 0.3) is 5.91 Å². The lowest BCUT2D eigenvalue weighted by Gasteiger charge is -2.30. The van der Waals surface area contributed by atoms with Crippen LogP contribution in [0.15, 0.2) is 42.5 Å². The molecule has 9 nitrogen and oxygen atoms in total. The molecule has 0 radical (unpaired) electrons. The van der Waals surface area contributed by atoms with E-state index in [2.05, 4.69) is 10.6 Å². The second-order valence-electron chi connectivity index (χ2n) is 9.89. The quantitative estimate of drug-likeness (QED) is 0.595. The average molecular weight is 509 g/mol. The number of halogens is 1. The van der Waals surface area contributed by atoms with E-state index in [0.717, 1.165) is 28.9 Å². The molecule has 2 aromatic rings. The van der Waals surface area contributed by atoms with Crippen LogP contribution in [0.5, 0.6) is 0 Å². The van der Waals surface area contributed by atoms with Crippen LogP contribution in [0, 0.1) is 11.7 Å². The van der Waals surface area contributed by atoms with Crippen molar-refractivity contribution in [2.24, 2.45) is 5.92 Å². The maximum Gasteiger partial charge on any atom is 0.418 e. The number of urea groups is 1. The predicted molar refractivity (Wildman–Crippen MR) is 132 cm³/mol. The Balaban J connectivity index is 1.34. The monoisotopic (exact) mass is 508 g/mol. The molecule has 194 valence electrons. The van der Waals surface area contributed by atoms with Gasteiger partial charge in [-0.05, 0) is 67.5 Å². The van der Waals surface area contributed by atoms with E-state index >= 15 is 0 Å². The van der Waals surface area contributed by atoms with E-state index in [1.807, 2.05) is 6.92 Å². The van der Waals surface area contributed by atoms with Crippen molar-refractivity contribution in [3.8, 4) is 0 Å². The number of fused-ring (bicyclic) bond motifs is 2. The molecule has 1 saturated heterocycles. The van der Waals surface area contributed by atoms with Gasteiger partial charge >= 0.3 is 12.1 Å². The van der Waals surface area contributed by atoms with E-state index in [-0.39, 0.29) is 36.8 Å². The number of imide groups is 1. The first-order valence-corrected chi connectivity index (χ1v) is 12.4. The summed E-state index contributed by atoms with van der Waals surface area (Å²) < 4.78 is 19.0. The third-order valence-corrected chi connectivity index (χ3v) is 7.52. The lowest BCUT2D eigenvalue weighted by molar-refractivity contribution is -0.143. The molecule has 10 heteroatoms. The van der Waals surface area contributed by atoms with Gasteiger partial charge in [-0.3, -0.25) is 9.59 Å². The van der Waals surface area contributed by atoms with Crippen molar-refractivity contribution in [3.63, 3.8) is 0 Å². The molecule has 5 amide bonds. The first kappa shape index (κ1) is 24.7. The highest BCUT2D eigenvalue weighted by Gasteiger charge is 2.58. The zero-order chi connectivity index (χ0) is 26.3. The fourth-order valence-corrected chi connectivity index (χ4v) is 5.23. The second-order valence-corrected chi connectivity index (χ2v) is 9.89. The predicted octanol–water partition coefficient (Wildman–Crippen LogP) is 3.52. The van der Waals surface area contributed by atoms with Gasteiger partial charge in [0.1, 0.15) is 12.4 Å². The van der Waals surface area contributed by atoms with E-state index in [1.54, 1.807) is 35.2 Å². The Hall–Kier alpha value is -3.95. The number of carbonyl (C=O) groups excluding carboxylic acids is 4. The van der Waals surface area contributed by atoms with E-state index < -0.39 is 24.1 Å². The van der Waals surface area contributed by atoms with Gasteiger partial charge in [-0.25, -0.2) is 18.9 Å². The van der Waals surface area contributed by atoms with E-state index in [4.69, 9.17) is 4.74 Å². The Labute approximate surface area is 213 Å². The molecule has 37 heavy (non-hydrogen) atoms. The standard InChI is InChI=1S/C27H29FN4O5/c1-16(18-5-6-18)31(14-17-3-7-20(28)8-4-17)23(33)15-32-24(34)27(37-26(32)36)12-11-19-13-21(9-10-22(19)27)30-25(35)29-2/h3-4,7-10,13,16,18H,5-6,11-12,14-15H2,1-2H3,(H2,29,30,35)/t16-,27-/m0/s1. The van der Waals surface area contributed by atoms with Crippen LogP contribution in [0.3, 0.4) is 0 Å². The van der Waals surface area contributed by atoms with Crippen molar-refractivity contribution in [3.05, 3.63) is 65.0 Å². The zero-order valence-electron chi connectivity index (χ0n) is 20.8. The number of ether oxygens (including phenoxy) is 1. The molecule has 0 unspecified atom stereocenters. The molecular weight excluding hydrogens is 479 g/mol. The lowest BCUT2D eigenvalue weighted by Crippen LogP contribution is -2.47. The molecule has 3 aliphatic rings. The summed E-state index contributed by atoms with van der Waals surface area (Å²) >= 11 is 0. The Morgan fingerprint density at radius 1 is 1.19 bits per heavy atom. The van der Waals surface area contributed by atoms with Crippen LogP contribution < -0.4 is 10.6 Å². The van der Waals surface area contributed by atoms with E-state index in [1.165, 1.54) is 19.2 Å². The Bertz CT molecular complexity index is 1260. The second kappa shape index (κ2) is 9.49. The number of nitrogens with zero attached hydrogens (tertiary/aromatic N) is 2. The molecule has 2 aromatic carbocycles. The lowest BCUT2D eigenvalue weighted by atomic mass is 9.94. The number of aryl methyl sites for hydroxylation is 1. The molecule has 1 aliphatic heterocycles. The van der Waals surface area contributed by atoms with Crippen LogP contribution >= 0.6 is 0 Å². The van der Waals surface area contributed by atoms with Gasteiger partial charge in [0.05, 0.1) is 0 Å². The average Bonchev–Trinajstić information content (AvgIpc) is 3.64. The highest BCUT2D eigenvalue weighted by molar-refractivity contribution is 6.06. The van der Waals surface area contributed by atoms with Crippen LogP contribution in [-0.4, -0.2) is 53.4 Å². The highest BCUT2D eigenvalue weighted by atomic mass is 19.1. The summed E-state index contributed by atoms with van der Waals surface area (Å²) in [6.45, 7) is 1.79. The Kier molecular flexibility index (Phi) is 6.35. The summed E-state index contributed by atoms with van der Waals surface area (Å²) in [4.78, 5) is 54.1. The van der Waals surface area contributed by atoms with Crippen LogP contribution in [0.4, 0.5) is 19.7 Å². The van der Waals surface area contributed by atoms with Crippen molar-refractivity contribution < 1.29 is 28.3 Å². The van der Waals surface area contributed by atoms with Crippen molar-refractivity contribution in [1.29, 1.82) is 0 Å². The molecule has 2 atom stereocenters. The van der Waals surface area contributed by atoms with Crippen molar-refractivity contribution in [2.45, 2.75) is 50.8 Å². The molecule has 2 fully saturated rings. The van der Waals surface area contributed by atoms with Crippen molar-refractivity contribution in [1.82, 2.24) is 15.1 Å². The maximum absolute atomic E-state index is 13.6. The summed E-state index contributed by atoms with van der Waals surface area (Å²) in [7, 11) is 1.51. The number of hydrogen-bond acceptors (Lipinski definition) is 5. The minimum Gasteiger partial charge on any atom is -0.427 e. The highest BCUT2D eigenvalue weighted by Crippen LogP contribution is 2.46. The molecule has 1 heterocycles. The molecule has 0 bridgehead atoms. The summed E-state index contributed by atoms with van der Waals surface area (Å²) in [5.74, 6) is -0.927. The summed E-state index contributed by atoms with van der Waals surface area (Å²) in [5, 5.41) is 5.17. The summed E-state index contributed by atoms with van der Waals surface area (Å²) in [5.41, 5.74) is 1.22. The Morgan fingerprint density at radius 2 is 1.92 bits per heavy atom. The van der Waals surface area contributed by atoms with Gasteiger partial charge in [-0.1, -0.05) is 18.2 Å². The summed E-state index contributed by atoms with van der Waals surface area (Å²) in [6.07, 6.45) is 1.92. The molecule has 1 saturated carbocycles. The van der Waals surface area contributed by atoms with Gasteiger partial charge in [0.15, 0.2) is 0 Å². The fourth-order valence-electron chi connectivity index (χ4n) is 5.23. The van der Waals surface area contributed by atoms with Crippen LogP contribution in [0.1, 0.15) is 42.9 Å². The van der Waals surface area contributed by atoms with Gasteiger partial charge < -0.3 is 20.3 Å². The number of benzene rings is 2. The van der Waals surface area contributed by atoms with Gasteiger partial charge in [-0.2, -0.15) is 0 Å². The van der Waals surface area contributed by atoms with Crippen LogP contribution in [0.2, 0.25) is 0 Å². The minimum absolute atomic E-state index is 0.0845. The van der Waals surface area contributed by atoms with Crippen molar-refractivity contribution >= 4 is 29.6 Å². The first-order valence-electron chi connectivity index (χ1n) is 12.4.